The number of hydrogen-bond acceptors (Lipinski definition) is 3. The van der Waals surface area contributed by atoms with E-state index in [1.54, 1.807) is 17.8 Å². The number of carbonyl (C=O) groups is 1. The standard InChI is InChI=1S/C13H15ClOS2/c1-8-9(2)17-12(7-16-8)13(15)10-5-3-4-6-11(10)14/h3-6,8-9,12H,7H2,1-2H3. The number of carbonyl (C=O) groups excluding carboxylic acids is 1. The maximum absolute atomic E-state index is 12.4. The van der Waals surface area contributed by atoms with Crippen LogP contribution in [-0.4, -0.2) is 27.3 Å². The summed E-state index contributed by atoms with van der Waals surface area (Å²) in [5, 5.41) is 1.75. The smallest absolute Gasteiger partial charge is 0.178 e. The third-order valence-corrected chi connectivity index (χ3v) is 6.70. The van der Waals surface area contributed by atoms with Crippen molar-refractivity contribution >= 4 is 40.9 Å². The number of ketones is 1. The molecule has 1 aromatic carbocycles. The third-order valence-electron chi connectivity index (χ3n) is 2.98. The van der Waals surface area contributed by atoms with Crippen molar-refractivity contribution in [2.75, 3.05) is 5.75 Å². The lowest BCUT2D eigenvalue weighted by Gasteiger charge is -2.30. The predicted octanol–water partition coefficient (Wildman–Crippen LogP) is 4.15. The van der Waals surface area contributed by atoms with E-state index in [-0.39, 0.29) is 11.0 Å². The molecule has 3 atom stereocenters. The average Bonchev–Trinajstić information content (AvgIpc) is 2.32. The van der Waals surface area contributed by atoms with Gasteiger partial charge in [-0.2, -0.15) is 11.8 Å². The summed E-state index contributed by atoms with van der Waals surface area (Å²) in [5.41, 5.74) is 0.661. The molecule has 1 nitrogen and oxygen atoms in total. The van der Waals surface area contributed by atoms with Crippen molar-refractivity contribution in [2.45, 2.75) is 29.6 Å². The Morgan fingerprint density at radius 2 is 2.00 bits per heavy atom. The molecule has 0 aliphatic carbocycles. The fourth-order valence-electron chi connectivity index (χ4n) is 1.76. The molecule has 0 N–H and O–H groups in total. The van der Waals surface area contributed by atoms with E-state index in [4.69, 9.17) is 11.6 Å². The van der Waals surface area contributed by atoms with Crippen LogP contribution in [0.2, 0.25) is 5.02 Å². The number of rotatable bonds is 2. The summed E-state index contributed by atoms with van der Waals surface area (Å²) >= 11 is 9.72. The molecule has 1 saturated heterocycles. The Morgan fingerprint density at radius 3 is 2.65 bits per heavy atom. The Bertz CT molecular complexity index is 422. The lowest BCUT2D eigenvalue weighted by atomic mass is 10.1. The first-order valence-electron chi connectivity index (χ1n) is 5.65. The van der Waals surface area contributed by atoms with Crippen molar-refractivity contribution in [3.05, 3.63) is 34.9 Å². The van der Waals surface area contributed by atoms with Gasteiger partial charge < -0.3 is 0 Å². The lowest BCUT2D eigenvalue weighted by Crippen LogP contribution is -2.31. The quantitative estimate of drug-likeness (QED) is 0.761. The number of thioether (sulfide) groups is 2. The van der Waals surface area contributed by atoms with Crippen LogP contribution in [0.3, 0.4) is 0 Å². The summed E-state index contributed by atoms with van der Waals surface area (Å²) in [7, 11) is 0. The second-order valence-corrected chi connectivity index (χ2v) is 7.61. The molecule has 1 aliphatic heterocycles. The predicted molar refractivity (Wildman–Crippen MR) is 78.5 cm³/mol. The molecule has 4 heteroatoms. The van der Waals surface area contributed by atoms with Crippen molar-refractivity contribution < 1.29 is 4.79 Å². The third kappa shape index (κ3) is 3.01. The zero-order valence-corrected chi connectivity index (χ0v) is 12.2. The molecule has 0 bridgehead atoms. The molecule has 0 amide bonds. The minimum Gasteiger partial charge on any atom is -0.293 e. The molecule has 0 aromatic heterocycles. The SMILES string of the molecule is CC1SCC(C(=O)c2ccccc2Cl)SC1C. The number of hydrogen-bond donors (Lipinski definition) is 0. The van der Waals surface area contributed by atoms with Crippen molar-refractivity contribution in [3.8, 4) is 0 Å². The molecule has 1 fully saturated rings. The molecular formula is C13H15ClOS2. The highest BCUT2D eigenvalue weighted by Crippen LogP contribution is 2.37. The Labute approximate surface area is 116 Å². The molecule has 1 aromatic rings. The van der Waals surface area contributed by atoms with E-state index in [0.717, 1.165) is 5.75 Å². The first-order valence-corrected chi connectivity index (χ1v) is 8.02. The van der Waals surface area contributed by atoms with Crippen LogP contribution in [0.5, 0.6) is 0 Å². The number of Topliss-reactive ketones (excluding diaryl/α,β-unsaturated/α-hetero) is 1. The van der Waals surface area contributed by atoms with Crippen LogP contribution in [-0.2, 0) is 0 Å². The van der Waals surface area contributed by atoms with Gasteiger partial charge >= 0.3 is 0 Å². The van der Waals surface area contributed by atoms with Crippen LogP contribution < -0.4 is 0 Å². The van der Waals surface area contributed by atoms with Crippen LogP contribution in [0.1, 0.15) is 24.2 Å². The van der Waals surface area contributed by atoms with Gasteiger partial charge in [0.25, 0.3) is 0 Å². The Morgan fingerprint density at radius 1 is 1.29 bits per heavy atom. The highest BCUT2D eigenvalue weighted by molar-refractivity contribution is 8.08. The van der Waals surface area contributed by atoms with E-state index in [0.29, 0.717) is 21.1 Å². The lowest BCUT2D eigenvalue weighted by molar-refractivity contribution is 0.0995. The average molecular weight is 287 g/mol. The largest absolute Gasteiger partial charge is 0.293 e. The van der Waals surface area contributed by atoms with Crippen LogP contribution in [0.4, 0.5) is 0 Å². The van der Waals surface area contributed by atoms with Gasteiger partial charge in [-0.15, -0.1) is 11.8 Å². The molecule has 17 heavy (non-hydrogen) atoms. The number of benzene rings is 1. The second kappa shape index (κ2) is 5.68. The first kappa shape index (κ1) is 13.3. The molecule has 3 unspecified atom stereocenters. The van der Waals surface area contributed by atoms with E-state index in [1.807, 2.05) is 30.0 Å². The van der Waals surface area contributed by atoms with Crippen LogP contribution in [0.25, 0.3) is 0 Å². The van der Waals surface area contributed by atoms with Gasteiger partial charge in [0.05, 0.1) is 10.3 Å². The van der Waals surface area contributed by atoms with Gasteiger partial charge in [-0.1, -0.05) is 37.6 Å². The highest BCUT2D eigenvalue weighted by atomic mass is 35.5. The highest BCUT2D eigenvalue weighted by Gasteiger charge is 2.31. The van der Waals surface area contributed by atoms with Crippen molar-refractivity contribution in [1.29, 1.82) is 0 Å². The van der Waals surface area contributed by atoms with Gasteiger partial charge in [0, 0.05) is 21.8 Å². The molecule has 0 spiro atoms. The second-order valence-electron chi connectivity index (χ2n) is 4.21. The zero-order valence-electron chi connectivity index (χ0n) is 9.85. The van der Waals surface area contributed by atoms with Crippen LogP contribution >= 0.6 is 35.1 Å². The minimum atomic E-state index is 0.0473. The van der Waals surface area contributed by atoms with Crippen molar-refractivity contribution in [3.63, 3.8) is 0 Å². The summed E-state index contributed by atoms with van der Waals surface area (Å²) in [5.74, 6) is 1.06. The molecular weight excluding hydrogens is 272 g/mol. The van der Waals surface area contributed by atoms with E-state index >= 15 is 0 Å². The van der Waals surface area contributed by atoms with Crippen LogP contribution in [0.15, 0.2) is 24.3 Å². The fraction of sp³-hybridized carbons (Fsp3) is 0.462. The monoisotopic (exact) mass is 286 g/mol. The topological polar surface area (TPSA) is 17.1 Å². The molecule has 1 aliphatic rings. The summed E-state index contributed by atoms with van der Waals surface area (Å²) in [6.07, 6.45) is 0. The molecule has 0 saturated carbocycles. The maximum Gasteiger partial charge on any atom is 0.178 e. The van der Waals surface area contributed by atoms with Crippen molar-refractivity contribution in [1.82, 2.24) is 0 Å². The zero-order chi connectivity index (χ0) is 12.4. The summed E-state index contributed by atoms with van der Waals surface area (Å²) < 4.78 is 0. The van der Waals surface area contributed by atoms with Gasteiger partial charge in [0.15, 0.2) is 5.78 Å². The summed E-state index contributed by atoms with van der Waals surface area (Å²) in [4.78, 5) is 12.4. The van der Waals surface area contributed by atoms with E-state index in [1.165, 1.54) is 0 Å². The Balaban J connectivity index is 2.14. The summed E-state index contributed by atoms with van der Waals surface area (Å²) in [6, 6.07) is 7.32. The summed E-state index contributed by atoms with van der Waals surface area (Å²) in [6.45, 7) is 4.41. The van der Waals surface area contributed by atoms with Gasteiger partial charge in [0.2, 0.25) is 0 Å². The number of halogens is 1. The Hall–Kier alpha value is -0.120. The van der Waals surface area contributed by atoms with Gasteiger partial charge in [-0.05, 0) is 12.1 Å². The Kier molecular flexibility index (Phi) is 4.45. The van der Waals surface area contributed by atoms with Crippen LogP contribution in [0, 0.1) is 0 Å². The van der Waals surface area contributed by atoms with Crippen molar-refractivity contribution in [2.24, 2.45) is 0 Å². The molecule has 92 valence electrons. The van der Waals surface area contributed by atoms with Gasteiger partial charge in [-0.25, -0.2) is 0 Å². The van der Waals surface area contributed by atoms with E-state index in [2.05, 4.69) is 13.8 Å². The maximum atomic E-state index is 12.4. The minimum absolute atomic E-state index is 0.0473. The molecule has 2 rings (SSSR count). The molecule has 1 heterocycles. The normalized spacial score (nSPS) is 29.0. The van der Waals surface area contributed by atoms with Gasteiger partial charge in [-0.3, -0.25) is 4.79 Å². The first-order chi connectivity index (χ1) is 8.09. The molecule has 0 radical (unpaired) electrons. The fourth-order valence-corrected chi connectivity index (χ4v) is 4.85. The van der Waals surface area contributed by atoms with E-state index in [9.17, 15) is 4.79 Å². The van der Waals surface area contributed by atoms with Gasteiger partial charge in [0.1, 0.15) is 0 Å². The van der Waals surface area contributed by atoms with E-state index < -0.39 is 0 Å².